The van der Waals surface area contributed by atoms with Gasteiger partial charge < -0.3 is 15.2 Å². The molecule has 0 aliphatic heterocycles. The van der Waals surface area contributed by atoms with Crippen LogP contribution in [0.25, 0.3) is 0 Å². The van der Waals surface area contributed by atoms with E-state index < -0.39 is 5.97 Å². The van der Waals surface area contributed by atoms with E-state index in [1.807, 2.05) is 6.07 Å². The number of benzene rings is 1. The monoisotopic (exact) mass is 350 g/mol. The highest BCUT2D eigenvalue weighted by molar-refractivity contribution is 9.10. The highest BCUT2D eigenvalue weighted by Crippen LogP contribution is 2.17. The molecule has 0 radical (unpaired) electrons. The molecule has 1 heterocycles. The fourth-order valence-electron chi connectivity index (χ4n) is 1.48. The first-order valence-electron chi connectivity index (χ1n) is 5.92. The van der Waals surface area contributed by atoms with E-state index in [0.29, 0.717) is 5.75 Å². The summed E-state index contributed by atoms with van der Waals surface area (Å²) in [6.45, 7) is -0.168. The number of hydrogen-bond acceptors (Lipinski definition) is 4. The first kappa shape index (κ1) is 15.0. The number of aromatic carboxylic acids is 1. The van der Waals surface area contributed by atoms with Crippen LogP contribution in [0.15, 0.2) is 47.1 Å². The second-order valence-corrected chi connectivity index (χ2v) is 4.95. The lowest BCUT2D eigenvalue weighted by Gasteiger charge is -2.07. The second-order valence-electron chi connectivity index (χ2n) is 4.03. The molecule has 0 fully saturated rings. The van der Waals surface area contributed by atoms with Crippen LogP contribution in [0.1, 0.15) is 10.4 Å². The van der Waals surface area contributed by atoms with E-state index in [1.165, 1.54) is 18.3 Å². The van der Waals surface area contributed by atoms with E-state index in [2.05, 4.69) is 26.2 Å². The Morgan fingerprint density at radius 2 is 2.10 bits per heavy atom. The second kappa shape index (κ2) is 6.85. The van der Waals surface area contributed by atoms with Gasteiger partial charge in [-0.1, -0.05) is 22.0 Å². The zero-order valence-corrected chi connectivity index (χ0v) is 12.3. The van der Waals surface area contributed by atoms with Crippen LogP contribution in [0.3, 0.4) is 0 Å². The molecule has 0 aliphatic carbocycles. The highest BCUT2D eigenvalue weighted by atomic mass is 79.9. The quantitative estimate of drug-likeness (QED) is 0.864. The van der Waals surface area contributed by atoms with Gasteiger partial charge in [0, 0.05) is 10.7 Å². The molecule has 7 heteroatoms. The van der Waals surface area contributed by atoms with Crippen molar-refractivity contribution in [3.8, 4) is 5.75 Å². The lowest BCUT2D eigenvalue weighted by atomic mass is 10.3. The van der Waals surface area contributed by atoms with Crippen molar-refractivity contribution in [1.82, 2.24) is 4.98 Å². The molecular weight excluding hydrogens is 340 g/mol. The zero-order chi connectivity index (χ0) is 15.2. The molecule has 2 rings (SSSR count). The van der Waals surface area contributed by atoms with Gasteiger partial charge in [-0.3, -0.25) is 4.79 Å². The number of anilines is 1. The smallest absolute Gasteiger partial charge is 0.337 e. The number of nitrogens with one attached hydrogen (secondary N) is 1. The number of carboxylic acids is 1. The predicted octanol–water partition coefficient (Wildman–Crippen LogP) is 2.56. The summed E-state index contributed by atoms with van der Waals surface area (Å²) in [5.41, 5.74) is 0.0541. The molecule has 1 aromatic heterocycles. The molecule has 0 atom stereocenters. The van der Waals surface area contributed by atoms with Crippen molar-refractivity contribution in [2.24, 2.45) is 0 Å². The van der Waals surface area contributed by atoms with E-state index in [9.17, 15) is 9.59 Å². The summed E-state index contributed by atoms with van der Waals surface area (Å²) >= 11 is 3.30. The third-order valence-corrected chi connectivity index (χ3v) is 2.94. The standard InChI is InChI=1S/C14H11BrN2O4/c15-10-2-1-3-11(6-10)21-8-13(18)17-12-5-4-9(7-16-12)14(19)20/h1-7H,8H2,(H,19,20)(H,16,17,18). The summed E-state index contributed by atoms with van der Waals surface area (Å²) in [4.78, 5) is 26.2. The van der Waals surface area contributed by atoms with Crippen LogP contribution in [0.2, 0.25) is 0 Å². The Morgan fingerprint density at radius 3 is 2.71 bits per heavy atom. The lowest BCUT2D eigenvalue weighted by Crippen LogP contribution is -2.20. The van der Waals surface area contributed by atoms with Gasteiger partial charge in [0.15, 0.2) is 6.61 Å². The number of pyridine rings is 1. The Balaban J connectivity index is 1.88. The Kier molecular flexibility index (Phi) is 4.89. The molecule has 0 bridgehead atoms. The first-order valence-corrected chi connectivity index (χ1v) is 6.71. The van der Waals surface area contributed by atoms with E-state index in [0.717, 1.165) is 4.47 Å². The van der Waals surface area contributed by atoms with Crippen molar-refractivity contribution in [1.29, 1.82) is 0 Å². The van der Waals surface area contributed by atoms with Gasteiger partial charge in [0.25, 0.3) is 5.91 Å². The average Bonchev–Trinajstić information content (AvgIpc) is 2.46. The van der Waals surface area contributed by atoms with Crippen LogP contribution in [0.4, 0.5) is 5.82 Å². The van der Waals surface area contributed by atoms with Crippen LogP contribution in [0.5, 0.6) is 5.75 Å². The number of amides is 1. The normalized spacial score (nSPS) is 9.95. The zero-order valence-electron chi connectivity index (χ0n) is 10.7. The molecular formula is C14H11BrN2O4. The number of aromatic nitrogens is 1. The Morgan fingerprint density at radius 1 is 1.29 bits per heavy atom. The number of carbonyl (C=O) groups is 2. The van der Waals surface area contributed by atoms with Crippen molar-refractivity contribution in [2.45, 2.75) is 0 Å². The van der Waals surface area contributed by atoms with Gasteiger partial charge in [0.05, 0.1) is 5.56 Å². The highest BCUT2D eigenvalue weighted by Gasteiger charge is 2.07. The molecule has 2 aromatic rings. The molecule has 1 amide bonds. The maximum Gasteiger partial charge on any atom is 0.337 e. The van der Waals surface area contributed by atoms with Crippen molar-refractivity contribution in [3.63, 3.8) is 0 Å². The van der Waals surface area contributed by atoms with Crippen molar-refractivity contribution < 1.29 is 19.4 Å². The number of halogens is 1. The molecule has 1 aromatic carbocycles. The minimum atomic E-state index is -1.07. The van der Waals surface area contributed by atoms with Gasteiger partial charge in [-0.25, -0.2) is 9.78 Å². The number of carbonyl (C=O) groups excluding carboxylic acids is 1. The van der Waals surface area contributed by atoms with Crippen LogP contribution < -0.4 is 10.1 Å². The number of nitrogens with zero attached hydrogens (tertiary/aromatic N) is 1. The molecule has 0 spiro atoms. The Labute approximate surface area is 128 Å². The summed E-state index contributed by atoms with van der Waals surface area (Å²) in [5.74, 6) is -0.625. The maximum atomic E-state index is 11.7. The molecule has 0 saturated heterocycles. The molecule has 0 aliphatic rings. The first-order chi connectivity index (χ1) is 10.0. The van der Waals surface area contributed by atoms with Crippen molar-refractivity contribution >= 4 is 33.6 Å². The van der Waals surface area contributed by atoms with E-state index in [4.69, 9.17) is 9.84 Å². The molecule has 6 nitrogen and oxygen atoms in total. The van der Waals surface area contributed by atoms with Crippen LogP contribution in [0, 0.1) is 0 Å². The number of rotatable bonds is 5. The minimum Gasteiger partial charge on any atom is -0.484 e. The van der Waals surface area contributed by atoms with E-state index in [1.54, 1.807) is 18.2 Å². The summed E-state index contributed by atoms with van der Waals surface area (Å²) in [6.07, 6.45) is 1.17. The molecule has 0 unspecified atom stereocenters. The number of carboxylic acid groups (broad SMARTS) is 1. The third kappa shape index (κ3) is 4.57. The minimum absolute atomic E-state index is 0.0541. The van der Waals surface area contributed by atoms with Crippen LogP contribution >= 0.6 is 15.9 Å². The molecule has 108 valence electrons. The van der Waals surface area contributed by atoms with Gasteiger partial charge in [-0.15, -0.1) is 0 Å². The van der Waals surface area contributed by atoms with E-state index >= 15 is 0 Å². The van der Waals surface area contributed by atoms with Crippen molar-refractivity contribution in [2.75, 3.05) is 11.9 Å². The van der Waals surface area contributed by atoms with E-state index in [-0.39, 0.29) is 23.9 Å². The molecule has 2 N–H and O–H groups in total. The topological polar surface area (TPSA) is 88.5 Å². The van der Waals surface area contributed by atoms with Gasteiger partial charge in [-0.05, 0) is 30.3 Å². The summed E-state index contributed by atoms with van der Waals surface area (Å²) < 4.78 is 6.17. The van der Waals surface area contributed by atoms with Crippen LogP contribution in [-0.4, -0.2) is 28.6 Å². The molecule has 21 heavy (non-hydrogen) atoms. The SMILES string of the molecule is O=C(COc1cccc(Br)c1)Nc1ccc(C(=O)O)cn1. The predicted molar refractivity (Wildman–Crippen MR) is 79.5 cm³/mol. The Bertz CT molecular complexity index is 658. The van der Waals surface area contributed by atoms with Gasteiger partial charge >= 0.3 is 5.97 Å². The van der Waals surface area contributed by atoms with Crippen LogP contribution in [-0.2, 0) is 4.79 Å². The Hall–Kier alpha value is -2.41. The van der Waals surface area contributed by atoms with Crippen molar-refractivity contribution in [3.05, 3.63) is 52.6 Å². The third-order valence-electron chi connectivity index (χ3n) is 2.44. The van der Waals surface area contributed by atoms with Gasteiger partial charge in [-0.2, -0.15) is 0 Å². The number of ether oxygens (including phenoxy) is 1. The fourth-order valence-corrected chi connectivity index (χ4v) is 1.86. The lowest BCUT2D eigenvalue weighted by molar-refractivity contribution is -0.118. The van der Waals surface area contributed by atoms with Gasteiger partial charge in [0.1, 0.15) is 11.6 Å². The largest absolute Gasteiger partial charge is 0.484 e. The average molecular weight is 351 g/mol. The maximum absolute atomic E-state index is 11.7. The number of hydrogen-bond donors (Lipinski definition) is 2. The summed E-state index contributed by atoms with van der Waals surface area (Å²) in [7, 11) is 0. The summed E-state index contributed by atoms with van der Waals surface area (Å²) in [5, 5.41) is 11.3. The summed E-state index contributed by atoms with van der Waals surface area (Å²) in [6, 6.07) is 9.90. The van der Waals surface area contributed by atoms with Gasteiger partial charge in [0.2, 0.25) is 0 Å². The fraction of sp³-hybridized carbons (Fsp3) is 0.0714. The molecule has 0 saturated carbocycles.